The minimum atomic E-state index is -4.37. The average Bonchev–Trinajstić information content (AvgIpc) is 2.45. The Labute approximate surface area is 125 Å². The fourth-order valence-corrected chi connectivity index (χ4v) is 1.94. The van der Waals surface area contributed by atoms with E-state index in [0.717, 1.165) is 6.07 Å². The molecule has 0 amide bonds. The van der Waals surface area contributed by atoms with E-state index >= 15 is 0 Å². The Morgan fingerprint density at radius 1 is 1.24 bits per heavy atom. The first kappa shape index (κ1) is 15.2. The summed E-state index contributed by atoms with van der Waals surface area (Å²) in [5.74, 6) is 0. The summed E-state index contributed by atoms with van der Waals surface area (Å²) in [5.41, 5.74) is 5.99. The number of nitrogens with one attached hydrogen (secondary N) is 1. The second-order valence-corrected chi connectivity index (χ2v) is 4.74. The number of thiocarbonyl (C=S) groups is 1. The summed E-state index contributed by atoms with van der Waals surface area (Å²) in [6.07, 6.45) is -2.88. The van der Waals surface area contributed by atoms with Crippen LogP contribution in [-0.4, -0.2) is 9.97 Å². The number of aromatic nitrogens is 1. The molecule has 21 heavy (non-hydrogen) atoms. The van der Waals surface area contributed by atoms with Gasteiger partial charge in [-0.15, -0.1) is 0 Å². The highest BCUT2D eigenvalue weighted by molar-refractivity contribution is 7.80. The smallest absolute Gasteiger partial charge is 0.388 e. The Balaban J connectivity index is 2.17. The third-order valence-electron chi connectivity index (χ3n) is 2.82. The lowest BCUT2D eigenvalue weighted by molar-refractivity contribution is -0.138. The second kappa shape index (κ2) is 6.09. The molecule has 2 rings (SSSR count). The molecule has 2 aromatic rings. The zero-order valence-electron chi connectivity index (χ0n) is 10.8. The molecular weight excluding hydrogens is 299 g/mol. The number of nitrogens with zero attached hydrogens (tertiary/aromatic N) is 1. The Morgan fingerprint density at radius 2 is 1.95 bits per heavy atom. The standard InChI is InChI=1S/C14H12F3N3S/c15-14(16,17)11-4-2-1-3-9(11)8-20-10-5-6-19-12(7-10)13(18)21/h1-7H,8H2,(H2,18,21)(H,19,20). The van der Waals surface area contributed by atoms with Crippen molar-refractivity contribution in [2.45, 2.75) is 12.7 Å². The molecule has 0 saturated carbocycles. The van der Waals surface area contributed by atoms with Crippen LogP contribution >= 0.6 is 12.2 Å². The van der Waals surface area contributed by atoms with Crippen molar-refractivity contribution >= 4 is 22.9 Å². The van der Waals surface area contributed by atoms with E-state index in [1.54, 1.807) is 18.2 Å². The third-order valence-corrected chi connectivity index (χ3v) is 3.03. The summed E-state index contributed by atoms with van der Waals surface area (Å²) in [4.78, 5) is 4.10. The summed E-state index contributed by atoms with van der Waals surface area (Å²) in [6.45, 7) is 0.0382. The lowest BCUT2D eigenvalue weighted by atomic mass is 10.1. The second-order valence-electron chi connectivity index (χ2n) is 4.30. The molecule has 1 aromatic heterocycles. The number of rotatable bonds is 4. The van der Waals surface area contributed by atoms with Gasteiger partial charge in [0.2, 0.25) is 0 Å². The lowest BCUT2D eigenvalue weighted by Crippen LogP contribution is -2.13. The summed E-state index contributed by atoms with van der Waals surface area (Å²) < 4.78 is 38.6. The molecule has 7 heteroatoms. The molecule has 0 saturated heterocycles. The minimum Gasteiger partial charge on any atom is -0.388 e. The normalized spacial score (nSPS) is 11.2. The molecule has 0 aliphatic carbocycles. The molecule has 0 bridgehead atoms. The molecule has 3 nitrogen and oxygen atoms in total. The van der Waals surface area contributed by atoms with Gasteiger partial charge in [-0.05, 0) is 23.8 Å². The zero-order valence-corrected chi connectivity index (χ0v) is 11.6. The molecule has 0 aliphatic heterocycles. The monoisotopic (exact) mass is 311 g/mol. The highest BCUT2D eigenvalue weighted by Gasteiger charge is 2.32. The molecule has 110 valence electrons. The van der Waals surface area contributed by atoms with Gasteiger partial charge in [-0.2, -0.15) is 13.2 Å². The van der Waals surface area contributed by atoms with Crippen LogP contribution in [0.2, 0.25) is 0 Å². The molecule has 1 heterocycles. The number of benzene rings is 1. The number of nitrogens with two attached hydrogens (primary N) is 1. The van der Waals surface area contributed by atoms with Crippen LogP contribution in [0.1, 0.15) is 16.8 Å². The molecule has 0 spiro atoms. The van der Waals surface area contributed by atoms with Gasteiger partial charge in [0.15, 0.2) is 0 Å². The van der Waals surface area contributed by atoms with Crippen LogP contribution in [0.5, 0.6) is 0 Å². The largest absolute Gasteiger partial charge is 0.416 e. The first-order chi connectivity index (χ1) is 9.88. The van der Waals surface area contributed by atoms with Crippen LogP contribution in [-0.2, 0) is 12.7 Å². The van der Waals surface area contributed by atoms with Crippen molar-refractivity contribution in [2.75, 3.05) is 5.32 Å². The van der Waals surface area contributed by atoms with Crippen molar-refractivity contribution < 1.29 is 13.2 Å². The SMILES string of the molecule is NC(=S)c1cc(NCc2ccccc2C(F)(F)F)ccn1. The van der Waals surface area contributed by atoms with Gasteiger partial charge in [-0.1, -0.05) is 30.4 Å². The molecule has 0 aliphatic rings. The molecule has 3 N–H and O–H groups in total. The first-order valence-electron chi connectivity index (χ1n) is 6.03. The van der Waals surface area contributed by atoms with E-state index in [1.165, 1.54) is 18.3 Å². The summed E-state index contributed by atoms with van der Waals surface area (Å²) in [7, 11) is 0. The predicted octanol–water partition coefficient (Wildman–Crippen LogP) is 3.35. The first-order valence-corrected chi connectivity index (χ1v) is 6.43. The van der Waals surface area contributed by atoms with E-state index in [0.29, 0.717) is 11.4 Å². The molecule has 1 aromatic carbocycles. The number of alkyl halides is 3. The quantitative estimate of drug-likeness (QED) is 0.850. The maximum Gasteiger partial charge on any atom is 0.416 e. The van der Waals surface area contributed by atoms with Gasteiger partial charge in [-0.3, -0.25) is 4.98 Å². The maximum atomic E-state index is 12.9. The maximum absolute atomic E-state index is 12.9. The van der Waals surface area contributed by atoms with Crippen molar-refractivity contribution in [1.82, 2.24) is 4.98 Å². The van der Waals surface area contributed by atoms with Gasteiger partial charge in [0.25, 0.3) is 0 Å². The van der Waals surface area contributed by atoms with Crippen LogP contribution in [0.15, 0.2) is 42.6 Å². The number of anilines is 1. The van der Waals surface area contributed by atoms with Crippen LogP contribution in [0, 0.1) is 0 Å². The van der Waals surface area contributed by atoms with E-state index in [4.69, 9.17) is 18.0 Å². The van der Waals surface area contributed by atoms with Gasteiger partial charge in [0.1, 0.15) is 4.99 Å². The van der Waals surface area contributed by atoms with Crippen LogP contribution in [0.25, 0.3) is 0 Å². The van der Waals surface area contributed by atoms with Crippen LogP contribution in [0.3, 0.4) is 0 Å². The van der Waals surface area contributed by atoms with Crippen molar-refractivity contribution in [3.8, 4) is 0 Å². The number of pyridine rings is 1. The predicted molar refractivity (Wildman–Crippen MR) is 78.9 cm³/mol. The van der Waals surface area contributed by atoms with Gasteiger partial charge >= 0.3 is 6.18 Å². The molecule has 0 atom stereocenters. The molecule has 0 unspecified atom stereocenters. The summed E-state index contributed by atoms with van der Waals surface area (Å²) in [6, 6.07) is 8.66. The fourth-order valence-electron chi connectivity index (χ4n) is 1.82. The van der Waals surface area contributed by atoms with E-state index in [-0.39, 0.29) is 17.1 Å². The number of hydrogen-bond donors (Lipinski definition) is 2. The van der Waals surface area contributed by atoms with Gasteiger partial charge in [-0.25, -0.2) is 0 Å². The highest BCUT2D eigenvalue weighted by Crippen LogP contribution is 2.32. The number of halogens is 3. The fraction of sp³-hybridized carbons (Fsp3) is 0.143. The van der Waals surface area contributed by atoms with E-state index in [9.17, 15) is 13.2 Å². The summed E-state index contributed by atoms with van der Waals surface area (Å²) >= 11 is 4.81. The Morgan fingerprint density at radius 3 is 2.62 bits per heavy atom. The highest BCUT2D eigenvalue weighted by atomic mass is 32.1. The van der Waals surface area contributed by atoms with Gasteiger partial charge in [0, 0.05) is 18.4 Å². The van der Waals surface area contributed by atoms with E-state index < -0.39 is 11.7 Å². The van der Waals surface area contributed by atoms with Crippen LogP contribution < -0.4 is 11.1 Å². The Kier molecular flexibility index (Phi) is 4.42. The van der Waals surface area contributed by atoms with Crippen LogP contribution in [0.4, 0.5) is 18.9 Å². The van der Waals surface area contributed by atoms with Crippen molar-refractivity contribution in [1.29, 1.82) is 0 Å². The van der Waals surface area contributed by atoms with E-state index in [1.807, 2.05) is 0 Å². The lowest BCUT2D eigenvalue weighted by Gasteiger charge is -2.14. The van der Waals surface area contributed by atoms with Crippen molar-refractivity contribution in [3.63, 3.8) is 0 Å². The van der Waals surface area contributed by atoms with E-state index in [2.05, 4.69) is 10.3 Å². The Hall–Kier alpha value is -2.15. The topological polar surface area (TPSA) is 50.9 Å². The van der Waals surface area contributed by atoms with Crippen molar-refractivity contribution in [2.24, 2.45) is 5.73 Å². The minimum absolute atomic E-state index is 0.0382. The van der Waals surface area contributed by atoms with Gasteiger partial charge in [0.05, 0.1) is 11.3 Å². The molecule has 0 fully saturated rings. The number of hydrogen-bond acceptors (Lipinski definition) is 3. The Bertz CT molecular complexity index is 656. The molecular formula is C14H12F3N3S. The zero-order chi connectivity index (χ0) is 15.5. The summed E-state index contributed by atoms with van der Waals surface area (Å²) in [5, 5.41) is 2.91. The van der Waals surface area contributed by atoms with Gasteiger partial charge < -0.3 is 11.1 Å². The average molecular weight is 311 g/mol. The van der Waals surface area contributed by atoms with Crippen molar-refractivity contribution in [3.05, 3.63) is 59.4 Å². The molecule has 0 radical (unpaired) electrons. The third kappa shape index (κ3) is 3.91.